The number of nitrogens with zero attached hydrogens (tertiary/aromatic N) is 6. The third kappa shape index (κ3) is 8.15. The topological polar surface area (TPSA) is 50.1 Å². The van der Waals surface area contributed by atoms with Gasteiger partial charge in [0.05, 0.1) is 16.7 Å². The summed E-state index contributed by atoms with van der Waals surface area (Å²) in [7, 11) is 0. The van der Waals surface area contributed by atoms with Crippen LogP contribution in [-0.2, 0) is 0 Å². The third-order valence-corrected chi connectivity index (χ3v) is 16.6. The lowest BCUT2D eigenvalue weighted by Gasteiger charge is -2.44. The predicted octanol–water partition coefficient (Wildman–Crippen LogP) is 17.4. The lowest BCUT2D eigenvalue weighted by molar-refractivity contribution is 1.07. The molecule has 0 amide bonds. The van der Waals surface area contributed by atoms with Gasteiger partial charge in [0.15, 0.2) is 17.5 Å². The van der Waals surface area contributed by atoms with Gasteiger partial charge < -0.3 is 14.4 Å². The van der Waals surface area contributed by atoms with Gasteiger partial charge in [-0.15, -0.1) is 0 Å². The van der Waals surface area contributed by atoms with E-state index in [2.05, 4.69) is 276 Å². The molecule has 0 saturated carbocycles. The first-order chi connectivity index (χ1) is 41.1. The van der Waals surface area contributed by atoms with Crippen LogP contribution in [0.2, 0.25) is 0 Å². The zero-order chi connectivity index (χ0) is 55.0. The van der Waals surface area contributed by atoms with Crippen molar-refractivity contribution < 1.29 is 0 Å². The van der Waals surface area contributed by atoms with Crippen LogP contribution in [0.25, 0.3) is 95.0 Å². The molecule has 0 N–H and O–H groups in total. The average molecular weight is 1060 g/mol. The molecule has 0 saturated heterocycles. The van der Waals surface area contributed by atoms with Crippen molar-refractivity contribution in [1.82, 2.24) is 19.5 Å². The van der Waals surface area contributed by atoms with Gasteiger partial charge in [-0.2, -0.15) is 0 Å². The smallest absolute Gasteiger partial charge is 0.252 e. The number of benzene rings is 12. The first-order valence-electron chi connectivity index (χ1n) is 28.4. The van der Waals surface area contributed by atoms with E-state index in [-0.39, 0.29) is 6.71 Å². The first-order valence-corrected chi connectivity index (χ1v) is 28.4. The van der Waals surface area contributed by atoms with Gasteiger partial charge in [-0.3, -0.25) is 0 Å². The maximum atomic E-state index is 5.27. The number of anilines is 6. The highest BCUT2D eigenvalue weighted by Crippen LogP contribution is 2.47. The molecule has 4 heterocycles. The van der Waals surface area contributed by atoms with E-state index in [9.17, 15) is 0 Å². The van der Waals surface area contributed by atoms with E-state index in [0.29, 0.717) is 17.5 Å². The van der Waals surface area contributed by atoms with Crippen molar-refractivity contribution in [2.75, 3.05) is 9.80 Å². The molecule has 7 heteroatoms. The summed E-state index contributed by atoms with van der Waals surface area (Å²) in [4.78, 5) is 20.6. The molecule has 0 atom stereocenters. The molecule has 0 unspecified atom stereocenters. The van der Waals surface area contributed by atoms with Crippen LogP contribution in [0.3, 0.4) is 0 Å². The Morgan fingerprint density at radius 1 is 0.289 bits per heavy atom. The fourth-order valence-electron chi connectivity index (χ4n) is 12.9. The molecule has 0 fully saturated rings. The van der Waals surface area contributed by atoms with Crippen molar-refractivity contribution in [3.63, 3.8) is 0 Å². The minimum absolute atomic E-state index is 0.0114. The van der Waals surface area contributed by atoms with Crippen molar-refractivity contribution in [3.05, 3.63) is 297 Å². The van der Waals surface area contributed by atoms with Crippen LogP contribution in [0.4, 0.5) is 34.1 Å². The average Bonchev–Trinajstić information content (AvgIpc) is 4.11. The largest absolute Gasteiger partial charge is 0.311 e. The van der Waals surface area contributed by atoms with E-state index in [1.165, 1.54) is 55.2 Å². The summed E-state index contributed by atoms with van der Waals surface area (Å²) in [6, 6.07) is 105. The molecule has 0 bridgehead atoms. The Hall–Kier alpha value is -10.9. The summed E-state index contributed by atoms with van der Waals surface area (Å²) in [6.07, 6.45) is 0. The Kier molecular flexibility index (Phi) is 11.4. The maximum Gasteiger partial charge on any atom is 0.252 e. The zero-order valence-electron chi connectivity index (χ0n) is 45.5. The van der Waals surface area contributed by atoms with E-state index >= 15 is 0 Å². The van der Waals surface area contributed by atoms with Crippen LogP contribution >= 0.6 is 0 Å². The lowest BCUT2D eigenvalue weighted by Crippen LogP contribution is -2.61. The number of aromatic nitrogens is 4. The Morgan fingerprint density at radius 3 is 1.37 bits per heavy atom. The third-order valence-electron chi connectivity index (χ3n) is 16.6. The second-order valence-corrected chi connectivity index (χ2v) is 21.6. The fraction of sp³-hybridized carbons (Fsp3) is 0.0132. The van der Waals surface area contributed by atoms with Crippen molar-refractivity contribution in [3.8, 4) is 73.2 Å². The second-order valence-electron chi connectivity index (χ2n) is 21.6. The van der Waals surface area contributed by atoms with Crippen LogP contribution in [0.1, 0.15) is 5.56 Å². The highest BCUT2D eigenvalue weighted by molar-refractivity contribution is 7.00. The fourth-order valence-corrected chi connectivity index (χ4v) is 12.9. The minimum atomic E-state index is 0.0114. The zero-order valence-corrected chi connectivity index (χ0v) is 45.5. The van der Waals surface area contributed by atoms with Gasteiger partial charge in [0.25, 0.3) is 6.71 Å². The Bertz CT molecular complexity index is 4660. The van der Waals surface area contributed by atoms with Crippen molar-refractivity contribution >= 4 is 79.0 Å². The summed E-state index contributed by atoms with van der Waals surface area (Å²) in [5.41, 5.74) is 24.7. The molecule has 0 aliphatic carbocycles. The summed E-state index contributed by atoms with van der Waals surface area (Å²) in [5, 5.41) is 2.38. The standard InChI is InChI=1S/C76H51BN6/c1-50-22-20-27-53(44-50)55-40-42-68-63(46-55)61-34-14-17-37-66(61)83(68)67-43-41-57(76-79-74(51-23-6-2-7-24-51)78-75(80-76)52-25-8-3-9-26-52)47-62(67)56-29-21-28-54(45-56)58-48-71-73-72(49-58)82(60-32-12-5-13-33-60)70-39-19-16-36-65(70)77(73)64-35-15-18-38-69(64)81(71)59-30-10-4-11-31-59/h2-49H,1H3. The number of hydrogen-bond acceptors (Lipinski definition) is 5. The quantitative estimate of drug-likeness (QED) is 0.135. The Labute approximate surface area is 482 Å². The summed E-state index contributed by atoms with van der Waals surface area (Å²) >= 11 is 0. The second kappa shape index (κ2) is 19.7. The van der Waals surface area contributed by atoms with E-state index in [0.717, 1.165) is 78.4 Å². The van der Waals surface area contributed by atoms with Gasteiger partial charge in [-0.05, 0) is 142 Å². The number of fused-ring (bicyclic) bond motifs is 7. The number of para-hydroxylation sites is 5. The molecule has 12 aromatic carbocycles. The molecule has 2 aromatic heterocycles. The van der Waals surface area contributed by atoms with Crippen molar-refractivity contribution in [2.45, 2.75) is 6.92 Å². The Balaban J connectivity index is 0.941. The van der Waals surface area contributed by atoms with E-state index < -0.39 is 0 Å². The van der Waals surface area contributed by atoms with E-state index in [1.54, 1.807) is 0 Å². The van der Waals surface area contributed by atoms with Gasteiger partial charge >= 0.3 is 0 Å². The molecule has 388 valence electrons. The van der Waals surface area contributed by atoms with Gasteiger partial charge in [0.1, 0.15) is 0 Å². The van der Waals surface area contributed by atoms with Gasteiger partial charge in [0, 0.05) is 67.2 Å². The number of aryl methyl sites for hydroxylation is 1. The van der Waals surface area contributed by atoms with Crippen LogP contribution in [0, 0.1) is 6.92 Å². The van der Waals surface area contributed by atoms with E-state index in [1.807, 2.05) is 36.4 Å². The molecule has 14 aromatic rings. The van der Waals surface area contributed by atoms with Crippen LogP contribution in [0.5, 0.6) is 0 Å². The lowest BCUT2D eigenvalue weighted by atomic mass is 9.33. The van der Waals surface area contributed by atoms with E-state index in [4.69, 9.17) is 15.0 Å². The van der Waals surface area contributed by atoms with Crippen molar-refractivity contribution in [2.24, 2.45) is 0 Å². The molecule has 0 spiro atoms. The molecular weight excluding hydrogens is 1010 g/mol. The van der Waals surface area contributed by atoms with Crippen LogP contribution < -0.4 is 26.2 Å². The number of hydrogen-bond donors (Lipinski definition) is 0. The minimum Gasteiger partial charge on any atom is -0.311 e. The van der Waals surface area contributed by atoms with Gasteiger partial charge in [-0.1, -0.05) is 206 Å². The molecule has 2 aliphatic rings. The first kappa shape index (κ1) is 48.1. The van der Waals surface area contributed by atoms with Crippen LogP contribution in [-0.4, -0.2) is 26.2 Å². The molecule has 83 heavy (non-hydrogen) atoms. The molecule has 16 rings (SSSR count). The molecule has 0 radical (unpaired) electrons. The Morgan fingerprint density at radius 2 is 0.759 bits per heavy atom. The van der Waals surface area contributed by atoms with Gasteiger partial charge in [-0.25, -0.2) is 15.0 Å². The monoisotopic (exact) mass is 1060 g/mol. The summed E-state index contributed by atoms with van der Waals surface area (Å²) in [5.74, 6) is 1.83. The maximum absolute atomic E-state index is 5.27. The van der Waals surface area contributed by atoms with Crippen LogP contribution in [0.15, 0.2) is 291 Å². The molecule has 6 nitrogen and oxygen atoms in total. The summed E-state index contributed by atoms with van der Waals surface area (Å²) < 4.78 is 2.45. The SMILES string of the molecule is Cc1cccc(-c2ccc3c(c2)c2ccccc2n3-c2ccc(-c3nc(-c4ccccc4)nc(-c4ccccc4)n3)cc2-c2cccc(-c3cc4c5c(c3)N(c3ccccc3)c3ccccc3B5c3ccccc3N4c3ccccc3)c2)c1. The highest BCUT2D eigenvalue weighted by atomic mass is 15.2. The highest BCUT2D eigenvalue weighted by Gasteiger charge is 2.43. The normalized spacial score (nSPS) is 12.3. The predicted molar refractivity (Wildman–Crippen MR) is 346 cm³/mol. The van der Waals surface area contributed by atoms with Crippen molar-refractivity contribution in [1.29, 1.82) is 0 Å². The summed E-state index contributed by atoms with van der Waals surface area (Å²) in [6.45, 7) is 2.17. The number of rotatable bonds is 9. The van der Waals surface area contributed by atoms with Gasteiger partial charge in [0.2, 0.25) is 0 Å². The molecule has 2 aliphatic heterocycles. The molecular formula is C76H51BN6.